The average molecular weight is 229 g/mol. The maximum Gasteiger partial charge on any atom is 0.123 e. The van der Waals surface area contributed by atoms with Gasteiger partial charge < -0.3 is 9.90 Å². The van der Waals surface area contributed by atoms with E-state index in [4.69, 9.17) is 0 Å². The summed E-state index contributed by atoms with van der Waals surface area (Å²) in [7, 11) is 0. The predicted molar refractivity (Wildman–Crippen MR) is 60.9 cm³/mol. The fourth-order valence-electron chi connectivity index (χ4n) is 1.77. The Labute approximate surface area is 98.3 Å². The van der Waals surface area contributed by atoms with Crippen LogP contribution in [0.1, 0.15) is 15.9 Å². The van der Waals surface area contributed by atoms with E-state index in [0.29, 0.717) is 0 Å². The molecule has 2 nitrogen and oxygen atoms in total. The molecular formula is C14H10FO2-. The van der Waals surface area contributed by atoms with E-state index < -0.39 is 5.97 Å². The van der Waals surface area contributed by atoms with Crippen molar-refractivity contribution in [2.24, 2.45) is 0 Å². The molecule has 0 atom stereocenters. The highest BCUT2D eigenvalue weighted by molar-refractivity contribution is 5.87. The monoisotopic (exact) mass is 229 g/mol. The molecule has 0 aliphatic carbocycles. The maximum absolute atomic E-state index is 13.1. The van der Waals surface area contributed by atoms with Crippen molar-refractivity contribution in [3.8, 4) is 11.1 Å². The van der Waals surface area contributed by atoms with Crippen molar-refractivity contribution in [3.63, 3.8) is 0 Å². The number of carboxylic acids is 1. The Hall–Kier alpha value is -2.16. The summed E-state index contributed by atoms with van der Waals surface area (Å²) < 4.78 is 13.1. The summed E-state index contributed by atoms with van der Waals surface area (Å²) in [5.41, 5.74) is 2.45. The van der Waals surface area contributed by atoms with Crippen LogP contribution >= 0.6 is 0 Å². The van der Waals surface area contributed by atoms with Crippen LogP contribution in [0.25, 0.3) is 11.1 Å². The predicted octanol–water partition coefficient (Wildman–Crippen LogP) is 2.16. The second kappa shape index (κ2) is 4.37. The van der Waals surface area contributed by atoms with Gasteiger partial charge in [0.2, 0.25) is 0 Å². The van der Waals surface area contributed by atoms with Gasteiger partial charge in [-0.2, -0.15) is 0 Å². The van der Waals surface area contributed by atoms with Crippen LogP contribution in [-0.2, 0) is 0 Å². The second-order valence-electron chi connectivity index (χ2n) is 3.83. The highest BCUT2D eigenvalue weighted by Crippen LogP contribution is 2.24. The molecule has 0 aliphatic heterocycles. The Kier molecular flexibility index (Phi) is 2.91. The van der Waals surface area contributed by atoms with E-state index in [0.717, 1.165) is 16.7 Å². The number of halogens is 1. The molecule has 0 aliphatic rings. The van der Waals surface area contributed by atoms with E-state index in [-0.39, 0.29) is 11.4 Å². The lowest BCUT2D eigenvalue weighted by Gasteiger charge is -2.09. The molecule has 17 heavy (non-hydrogen) atoms. The minimum Gasteiger partial charge on any atom is -0.545 e. The molecule has 0 heterocycles. The number of aryl methyl sites for hydroxylation is 1. The van der Waals surface area contributed by atoms with Gasteiger partial charge in [0, 0.05) is 0 Å². The Morgan fingerprint density at radius 1 is 1.18 bits per heavy atom. The van der Waals surface area contributed by atoms with Gasteiger partial charge in [-0.3, -0.25) is 0 Å². The first-order chi connectivity index (χ1) is 8.08. The van der Waals surface area contributed by atoms with Gasteiger partial charge in [-0.25, -0.2) is 4.39 Å². The zero-order valence-electron chi connectivity index (χ0n) is 9.24. The van der Waals surface area contributed by atoms with E-state index in [2.05, 4.69) is 0 Å². The number of hydrogen-bond acceptors (Lipinski definition) is 2. The Morgan fingerprint density at radius 3 is 2.53 bits per heavy atom. The van der Waals surface area contributed by atoms with E-state index in [1.54, 1.807) is 25.1 Å². The largest absolute Gasteiger partial charge is 0.545 e. The van der Waals surface area contributed by atoms with Crippen molar-refractivity contribution in [1.29, 1.82) is 0 Å². The third-order valence-corrected chi connectivity index (χ3v) is 2.60. The number of benzene rings is 2. The van der Waals surface area contributed by atoms with Gasteiger partial charge in [0.15, 0.2) is 0 Å². The second-order valence-corrected chi connectivity index (χ2v) is 3.83. The Morgan fingerprint density at radius 2 is 1.94 bits per heavy atom. The fourth-order valence-corrected chi connectivity index (χ4v) is 1.77. The number of aromatic carboxylic acids is 1. The van der Waals surface area contributed by atoms with Gasteiger partial charge in [-0.05, 0) is 47.4 Å². The third-order valence-electron chi connectivity index (χ3n) is 2.60. The van der Waals surface area contributed by atoms with Gasteiger partial charge in [-0.15, -0.1) is 0 Å². The molecule has 0 saturated heterocycles. The van der Waals surface area contributed by atoms with Crippen LogP contribution < -0.4 is 5.11 Å². The van der Waals surface area contributed by atoms with Crippen LogP contribution in [-0.4, -0.2) is 5.97 Å². The van der Waals surface area contributed by atoms with Crippen molar-refractivity contribution in [3.05, 3.63) is 59.4 Å². The number of carboxylic acid groups (broad SMARTS) is 1. The molecule has 0 fully saturated rings. The molecule has 0 radical (unpaired) electrons. The van der Waals surface area contributed by atoms with Crippen LogP contribution in [0.2, 0.25) is 0 Å². The number of rotatable bonds is 2. The van der Waals surface area contributed by atoms with Crippen molar-refractivity contribution in [2.45, 2.75) is 6.92 Å². The molecule has 0 unspecified atom stereocenters. The zero-order chi connectivity index (χ0) is 12.4. The molecule has 86 valence electrons. The van der Waals surface area contributed by atoms with Crippen molar-refractivity contribution in [1.82, 2.24) is 0 Å². The lowest BCUT2D eigenvalue weighted by Crippen LogP contribution is -2.22. The minimum absolute atomic E-state index is 0.127. The van der Waals surface area contributed by atoms with Crippen molar-refractivity contribution < 1.29 is 14.3 Å². The van der Waals surface area contributed by atoms with Gasteiger partial charge in [-0.1, -0.05) is 24.3 Å². The smallest absolute Gasteiger partial charge is 0.123 e. The Balaban J connectivity index is 2.50. The molecular weight excluding hydrogens is 219 g/mol. The van der Waals surface area contributed by atoms with Crippen LogP contribution in [0.3, 0.4) is 0 Å². The molecule has 3 heteroatoms. The molecule has 0 amide bonds. The first-order valence-electron chi connectivity index (χ1n) is 5.16. The topological polar surface area (TPSA) is 40.1 Å². The molecule has 2 rings (SSSR count). The van der Waals surface area contributed by atoms with Crippen LogP contribution in [0.5, 0.6) is 0 Å². The summed E-state index contributed by atoms with van der Waals surface area (Å²) in [6.45, 7) is 1.78. The summed E-state index contributed by atoms with van der Waals surface area (Å²) in [5, 5.41) is 10.7. The maximum atomic E-state index is 13.1. The van der Waals surface area contributed by atoms with Crippen molar-refractivity contribution in [2.75, 3.05) is 0 Å². The fraction of sp³-hybridized carbons (Fsp3) is 0.0714. The van der Waals surface area contributed by atoms with E-state index >= 15 is 0 Å². The van der Waals surface area contributed by atoms with Crippen LogP contribution in [0.15, 0.2) is 42.5 Å². The first-order valence-corrected chi connectivity index (χ1v) is 5.16. The van der Waals surface area contributed by atoms with Gasteiger partial charge in [0.25, 0.3) is 0 Å². The molecule has 2 aromatic rings. The van der Waals surface area contributed by atoms with Gasteiger partial charge in [0.05, 0.1) is 5.97 Å². The first kappa shape index (κ1) is 11.3. The number of hydrogen-bond donors (Lipinski definition) is 0. The molecule has 2 aromatic carbocycles. The summed E-state index contributed by atoms with van der Waals surface area (Å²) in [6.07, 6.45) is 0. The number of carbonyl (C=O) groups excluding carboxylic acids is 1. The molecule has 0 saturated carbocycles. The summed E-state index contributed by atoms with van der Waals surface area (Å²) in [5.74, 6) is -1.52. The summed E-state index contributed by atoms with van der Waals surface area (Å²) in [6, 6.07) is 10.8. The third kappa shape index (κ3) is 2.33. The highest BCUT2D eigenvalue weighted by atomic mass is 19.1. The standard InChI is InChI=1S/C14H11FO2/c1-9-7-11(14(16)17)5-6-13(9)10-3-2-4-12(15)8-10/h2-8H,1H3,(H,16,17)/p-1. The summed E-state index contributed by atoms with van der Waals surface area (Å²) >= 11 is 0. The van der Waals surface area contributed by atoms with Gasteiger partial charge >= 0.3 is 0 Å². The molecule has 0 aromatic heterocycles. The highest BCUT2D eigenvalue weighted by Gasteiger charge is 2.04. The lowest BCUT2D eigenvalue weighted by atomic mass is 9.98. The van der Waals surface area contributed by atoms with Crippen LogP contribution in [0, 0.1) is 12.7 Å². The molecule has 0 bridgehead atoms. The SMILES string of the molecule is Cc1cc(C(=O)[O-])ccc1-c1cccc(F)c1. The van der Waals surface area contributed by atoms with E-state index in [1.165, 1.54) is 24.3 Å². The molecule has 0 spiro atoms. The van der Waals surface area contributed by atoms with Gasteiger partial charge in [0.1, 0.15) is 5.82 Å². The number of carbonyl (C=O) groups is 1. The normalized spacial score (nSPS) is 10.2. The zero-order valence-corrected chi connectivity index (χ0v) is 9.24. The van der Waals surface area contributed by atoms with E-state index in [1.807, 2.05) is 0 Å². The lowest BCUT2D eigenvalue weighted by molar-refractivity contribution is -0.255. The quantitative estimate of drug-likeness (QED) is 0.791. The average Bonchev–Trinajstić information content (AvgIpc) is 2.28. The van der Waals surface area contributed by atoms with Crippen LogP contribution in [0.4, 0.5) is 4.39 Å². The minimum atomic E-state index is -1.21. The van der Waals surface area contributed by atoms with E-state index in [9.17, 15) is 14.3 Å². The van der Waals surface area contributed by atoms with Crippen molar-refractivity contribution >= 4 is 5.97 Å². The molecule has 0 N–H and O–H groups in total. The summed E-state index contributed by atoms with van der Waals surface area (Å²) in [4.78, 5) is 10.7. The Bertz CT molecular complexity index is 576.